The first-order valence-corrected chi connectivity index (χ1v) is 9.02. The first-order valence-electron chi connectivity index (χ1n) is 8.64. The van der Waals surface area contributed by atoms with Crippen molar-refractivity contribution in [2.75, 3.05) is 18.0 Å². The average molecular weight is 359 g/mol. The zero-order valence-electron chi connectivity index (χ0n) is 14.6. The Morgan fingerprint density at radius 3 is 2.80 bits per heavy atom. The van der Waals surface area contributed by atoms with Crippen LogP contribution in [0.3, 0.4) is 0 Å². The van der Waals surface area contributed by atoms with E-state index in [9.17, 15) is 4.79 Å². The van der Waals surface area contributed by atoms with Gasteiger partial charge in [-0.05, 0) is 43.4 Å². The first-order chi connectivity index (χ1) is 12.0. The highest BCUT2D eigenvalue weighted by atomic mass is 35.5. The van der Waals surface area contributed by atoms with Crippen LogP contribution in [-0.2, 0) is 6.54 Å². The highest BCUT2D eigenvalue weighted by Gasteiger charge is 2.20. The maximum Gasteiger partial charge on any atom is 0.270 e. The minimum atomic E-state index is -0.188. The summed E-state index contributed by atoms with van der Waals surface area (Å²) in [5.74, 6) is 1.92. The van der Waals surface area contributed by atoms with Gasteiger partial charge in [-0.3, -0.25) is 4.79 Å². The van der Waals surface area contributed by atoms with Gasteiger partial charge in [-0.2, -0.15) is 0 Å². The predicted molar refractivity (Wildman–Crippen MR) is 100 cm³/mol. The van der Waals surface area contributed by atoms with E-state index in [2.05, 4.69) is 27.1 Å². The highest BCUT2D eigenvalue weighted by Crippen LogP contribution is 2.22. The van der Waals surface area contributed by atoms with E-state index in [-0.39, 0.29) is 5.91 Å². The number of amides is 1. The lowest BCUT2D eigenvalue weighted by Gasteiger charge is -2.32. The maximum atomic E-state index is 12.5. The van der Waals surface area contributed by atoms with Gasteiger partial charge in [0.2, 0.25) is 0 Å². The lowest BCUT2D eigenvalue weighted by Crippen LogP contribution is -2.35. The van der Waals surface area contributed by atoms with E-state index in [1.165, 1.54) is 6.42 Å². The number of aryl methyl sites for hydroxylation is 1. The van der Waals surface area contributed by atoms with Crippen molar-refractivity contribution >= 4 is 23.3 Å². The van der Waals surface area contributed by atoms with Crippen LogP contribution in [0.1, 0.15) is 41.6 Å². The van der Waals surface area contributed by atoms with Crippen molar-refractivity contribution < 1.29 is 4.79 Å². The second-order valence-corrected chi connectivity index (χ2v) is 7.10. The quantitative estimate of drug-likeness (QED) is 0.907. The third kappa shape index (κ3) is 4.69. The summed E-state index contributed by atoms with van der Waals surface area (Å²) in [7, 11) is 0. The molecule has 0 aliphatic carbocycles. The minimum Gasteiger partial charge on any atom is -0.356 e. The van der Waals surface area contributed by atoms with E-state index in [0.29, 0.717) is 29.0 Å². The van der Waals surface area contributed by atoms with Gasteiger partial charge in [0.1, 0.15) is 17.3 Å². The Balaban J connectivity index is 1.70. The molecule has 1 atom stereocenters. The largest absolute Gasteiger partial charge is 0.356 e. The van der Waals surface area contributed by atoms with Gasteiger partial charge in [0, 0.05) is 30.7 Å². The van der Waals surface area contributed by atoms with E-state index in [1.807, 2.05) is 31.2 Å². The topological polar surface area (TPSA) is 58.1 Å². The zero-order chi connectivity index (χ0) is 17.8. The molecule has 1 aromatic carbocycles. The van der Waals surface area contributed by atoms with Gasteiger partial charge < -0.3 is 10.2 Å². The van der Waals surface area contributed by atoms with Crippen molar-refractivity contribution in [2.45, 2.75) is 33.2 Å². The molecule has 1 aromatic heterocycles. The van der Waals surface area contributed by atoms with Gasteiger partial charge in [0.25, 0.3) is 5.91 Å². The van der Waals surface area contributed by atoms with E-state index in [4.69, 9.17) is 11.6 Å². The lowest BCUT2D eigenvalue weighted by atomic mass is 10.0. The molecule has 1 N–H and O–H groups in total. The van der Waals surface area contributed by atoms with Crippen molar-refractivity contribution in [1.82, 2.24) is 15.3 Å². The molecule has 6 heteroatoms. The van der Waals surface area contributed by atoms with E-state index in [0.717, 1.165) is 30.9 Å². The van der Waals surface area contributed by atoms with Crippen LogP contribution in [0.4, 0.5) is 5.82 Å². The fourth-order valence-corrected chi connectivity index (χ4v) is 3.23. The van der Waals surface area contributed by atoms with E-state index < -0.39 is 0 Å². The van der Waals surface area contributed by atoms with Gasteiger partial charge in [-0.15, -0.1) is 0 Å². The van der Waals surface area contributed by atoms with Crippen molar-refractivity contribution in [3.8, 4) is 0 Å². The van der Waals surface area contributed by atoms with Gasteiger partial charge in [-0.25, -0.2) is 9.97 Å². The molecule has 132 valence electrons. The van der Waals surface area contributed by atoms with Gasteiger partial charge >= 0.3 is 0 Å². The Bertz CT molecular complexity index is 748. The molecule has 1 saturated heterocycles. The Hall–Kier alpha value is -2.14. The monoisotopic (exact) mass is 358 g/mol. The number of rotatable bonds is 4. The van der Waals surface area contributed by atoms with E-state index in [1.54, 1.807) is 6.07 Å². The molecule has 1 aliphatic heterocycles. The number of piperidine rings is 1. The smallest absolute Gasteiger partial charge is 0.270 e. The van der Waals surface area contributed by atoms with Crippen molar-refractivity contribution in [2.24, 2.45) is 5.92 Å². The molecule has 0 radical (unpaired) electrons. The van der Waals surface area contributed by atoms with Crippen LogP contribution in [-0.4, -0.2) is 29.0 Å². The highest BCUT2D eigenvalue weighted by molar-refractivity contribution is 6.30. The van der Waals surface area contributed by atoms with Crippen molar-refractivity contribution in [1.29, 1.82) is 0 Å². The van der Waals surface area contributed by atoms with Crippen LogP contribution in [0.15, 0.2) is 30.3 Å². The summed E-state index contributed by atoms with van der Waals surface area (Å²) in [5, 5.41) is 3.59. The number of carbonyl (C=O) groups excluding carboxylic acids is 1. The van der Waals surface area contributed by atoms with Crippen molar-refractivity contribution in [3.63, 3.8) is 0 Å². The standard InChI is InChI=1S/C19H23ClN4O/c1-13-4-3-9-24(12-13)18-10-17(22-14(2)23-18)19(25)21-11-15-5-7-16(20)8-6-15/h5-8,10,13H,3-4,9,11-12H2,1-2H3,(H,21,25). The summed E-state index contributed by atoms with van der Waals surface area (Å²) < 4.78 is 0. The summed E-state index contributed by atoms with van der Waals surface area (Å²) in [5.41, 5.74) is 1.41. The maximum absolute atomic E-state index is 12.5. The molecule has 1 fully saturated rings. The second-order valence-electron chi connectivity index (χ2n) is 6.66. The average Bonchev–Trinajstić information content (AvgIpc) is 2.60. The molecular formula is C19H23ClN4O. The Morgan fingerprint density at radius 2 is 2.08 bits per heavy atom. The van der Waals surface area contributed by atoms with Gasteiger partial charge in [0.15, 0.2) is 0 Å². The molecule has 1 unspecified atom stereocenters. The Labute approximate surface area is 153 Å². The molecule has 3 rings (SSSR count). The summed E-state index contributed by atoms with van der Waals surface area (Å²) in [6.45, 7) is 6.47. The third-order valence-corrected chi connectivity index (χ3v) is 4.66. The van der Waals surface area contributed by atoms with Crippen LogP contribution < -0.4 is 10.2 Å². The van der Waals surface area contributed by atoms with Crippen LogP contribution in [0.5, 0.6) is 0 Å². The summed E-state index contributed by atoms with van der Waals surface area (Å²) in [6, 6.07) is 9.21. The number of aromatic nitrogens is 2. The number of hydrogen-bond acceptors (Lipinski definition) is 4. The second kappa shape index (κ2) is 7.83. The van der Waals surface area contributed by atoms with Gasteiger partial charge in [-0.1, -0.05) is 30.7 Å². The fraction of sp³-hybridized carbons (Fsp3) is 0.421. The number of halogens is 1. The molecule has 1 aliphatic rings. The van der Waals surface area contributed by atoms with Crippen LogP contribution >= 0.6 is 11.6 Å². The summed E-state index contributed by atoms with van der Waals surface area (Å²) in [4.78, 5) is 23.6. The number of nitrogens with one attached hydrogen (secondary N) is 1. The number of nitrogens with zero attached hydrogens (tertiary/aromatic N) is 3. The third-order valence-electron chi connectivity index (χ3n) is 4.40. The molecule has 2 heterocycles. The van der Waals surface area contributed by atoms with Crippen LogP contribution in [0.2, 0.25) is 5.02 Å². The summed E-state index contributed by atoms with van der Waals surface area (Å²) >= 11 is 5.88. The number of anilines is 1. The molecule has 1 amide bonds. The summed E-state index contributed by atoms with van der Waals surface area (Å²) in [6.07, 6.45) is 2.40. The fourth-order valence-electron chi connectivity index (χ4n) is 3.10. The molecule has 0 spiro atoms. The Morgan fingerprint density at radius 1 is 1.32 bits per heavy atom. The number of hydrogen-bond donors (Lipinski definition) is 1. The predicted octanol–water partition coefficient (Wildman–Crippen LogP) is 3.60. The lowest BCUT2D eigenvalue weighted by molar-refractivity contribution is 0.0945. The SMILES string of the molecule is Cc1nc(C(=O)NCc2ccc(Cl)cc2)cc(N2CCCC(C)C2)n1. The molecule has 2 aromatic rings. The zero-order valence-corrected chi connectivity index (χ0v) is 15.4. The number of benzene rings is 1. The number of carbonyl (C=O) groups is 1. The van der Waals surface area contributed by atoms with Crippen LogP contribution in [0, 0.1) is 12.8 Å². The van der Waals surface area contributed by atoms with Crippen molar-refractivity contribution in [3.05, 3.63) is 52.4 Å². The molecular weight excluding hydrogens is 336 g/mol. The minimum absolute atomic E-state index is 0.188. The molecule has 0 saturated carbocycles. The molecule has 0 bridgehead atoms. The van der Waals surface area contributed by atoms with Crippen LogP contribution in [0.25, 0.3) is 0 Å². The first kappa shape index (κ1) is 17.7. The molecule has 5 nitrogen and oxygen atoms in total. The molecule has 25 heavy (non-hydrogen) atoms. The Kier molecular flexibility index (Phi) is 5.53. The van der Waals surface area contributed by atoms with Gasteiger partial charge in [0.05, 0.1) is 0 Å². The normalized spacial score (nSPS) is 17.4. The van der Waals surface area contributed by atoms with E-state index >= 15 is 0 Å².